The van der Waals surface area contributed by atoms with Crippen molar-refractivity contribution in [3.05, 3.63) is 59.5 Å². The Morgan fingerprint density at radius 1 is 1.16 bits per heavy atom. The fraction of sp³-hybridized carbons (Fsp3) is 0.407. The van der Waals surface area contributed by atoms with E-state index < -0.39 is 5.79 Å². The highest BCUT2D eigenvalue weighted by atomic mass is 19.1. The standard InChI is InChI=1S/C27H31BFN3O5/c1-34-20-5-3-17(24(14-20)35-2)15-30-26(33)22-16-31-32(25(22)21-6-4-18(28)13-23(21)29)19-7-9-27(10-8-19)36-11-12-37-27/h3-6,13-14,16,19H,7-12,15,28H2,1-2H3,(H,30,33). The van der Waals surface area contributed by atoms with Gasteiger partial charge in [-0.1, -0.05) is 17.6 Å². The quantitative estimate of drug-likeness (QED) is 0.496. The highest BCUT2D eigenvalue weighted by molar-refractivity contribution is 6.32. The first-order chi connectivity index (χ1) is 17.9. The maximum Gasteiger partial charge on any atom is 0.255 e. The molecule has 2 aromatic carbocycles. The molecular weight excluding hydrogens is 476 g/mol. The molecule has 5 rings (SSSR count). The van der Waals surface area contributed by atoms with Gasteiger partial charge in [0.25, 0.3) is 5.91 Å². The van der Waals surface area contributed by atoms with Gasteiger partial charge in [-0.3, -0.25) is 9.48 Å². The number of halogens is 1. The monoisotopic (exact) mass is 507 g/mol. The van der Waals surface area contributed by atoms with Crippen LogP contribution in [0.4, 0.5) is 4.39 Å². The fourth-order valence-electron chi connectivity index (χ4n) is 5.23. The first-order valence-corrected chi connectivity index (χ1v) is 12.5. The molecule has 37 heavy (non-hydrogen) atoms. The van der Waals surface area contributed by atoms with Crippen LogP contribution in [0.25, 0.3) is 11.3 Å². The average Bonchev–Trinajstić information content (AvgIpc) is 3.55. The molecule has 2 fully saturated rings. The molecule has 1 amide bonds. The third-order valence-corrected chi connectivity index (χ3v) is 7.23. The molecule has 3 aromatic rings. The first-order valence-electron chi connectivity index (χ1n) is 12.5. The topological polar surface area (TPSA) is 83.8 Å². The van der Waals surface area contributed by atoms with Crippen LogP contribution < -0.4 is 20.3 Å². The summed E-state index contributed by atoms with van der Waals surface area (Å²) in [6, 6.07) is 10.4. The van der Waals surface area contributed by atoms with E-state index in [2.05, 4.69) is 10.4 Å². The highest BCUT2D eigenvalue weighted by Crippen LogP contribution is 2.42. The fourth-order valence-corrected chi connectivity index (χ4v) is 5.23. The zero-order chi connectivity index (χ0) is 26.0. The van der Waals surface area contributed by atoms with Crippen LogP contribution in [-0.2, 0) is 16.0 Å². The van der Waals surface area contributed by atoms with Gasteiger partial charge in [-0.2, -0.15) is 5.10 Å². The van der Waals surface area contributed by atoms with E-state index in [9.17, 15) is 4.79 Å². The number of nitrogens with one attached hydrogen (secondary N) is 1. The van der Waals surface area contributed by atoms with E-state index in [-0.39, 0.29) is 24.3 Å². The molecule has 2 aliphatic rings. The Bertz CT molecular complexity index is 1280. The van der Waals surface area contributed by atoms with Crippen molar-refractivity contribution >= 4 is 19.2 Å². The molecule has 1 aliphatic carbocycles. The van der Waals surface area contributed by atoms with Gasteiger partial charge in [-0.25, -0.2) is 4.39 Å². The molecule has 2 heterocycles. The first kappa shape index (κ1) is 25.3. The van der Waals surface area contributed by atoms with Gasteiger partial charge in [-0.05, 0) is 31.0 Å². The molecule has 1 saturated carbocycles. The normalized spacial score (nSPS) is 17.2. The van der Waals surface area contributed by atoms with Crippen molar-refractivity contribution in [3.63, 3.8) is 0 Å². The molecule has 8 nitrogen and oxygen atoms in total. The van der Waals surface area contributed by atoms with E-state index in [1.165, 1.54) is 12.3 Å². The lowest BCUT2D eigenvalue weighted by molar-refractivity contribution is -0.181. The van der Waals surface area contributed by atoms with Gasteiger partial charge in [0.15, 0.2) is 5.79 Å². The lowest BCUT2D eigenvalue weighted by atomic mass is 9.89. The molecule has 194 valence electrons. The number of carbonyl (C=O) groups is 1. The summed E-state index contributed by atoms with van der Waals surface area (Å²) in [5, 5.41) is 7.54. The number of hydrogen-bond donors (Lipinski definition) is 1. The molecule has 1 aliphatic heterocycles. The van der Waals surface area contributed by atoms with Gasteiger partial charge >= 0.3 is 0 Å². The van der Waals surface area contributed by atoms with Gasteiger partial charge in [0.05, 0.1) is 50.9 Å². The van der Waals surface area contributed by atoms with Crippen LogP contribution >= 0.6 is 0 Å². The van der Waals surface area contributed by atoms with E-state index >= 15 is 4.39 Å². The number of carbonyl (C=O) groups excluding carboxylic acids is 1. The van der Waals surface area contributed by atoms with E-state index in [0.717, 1.165) is 36.7 Å². The van der Waals surface area contributed by atoms with E-state index in [1.807, 2.05) is 26.0 Å². The van der Waals surface area contributed by atoms with Crippen LogP contribution in [0.3, 0.4) is 0 Å². The summed E-state index contributed by atoms with van der Waals surface area (Å²) >= 11 is 0. The second kappa shape index (κ2) is 10.6. The summed E-state index contributed by atoms with van der Waals surface area (Å²) in [5.74, 6) is 0.0214. The molecule has 1 saturated heterocycles. The second-order valence-electron chi connectivity index (χ2n) is 9.53. The summed E-state index contributed by atoms with van der Waals surface area (Å²) in [7, 11) is 4.99. The molecule has 0 atom stereocenters. The third kappa shape index (κ3) is 5.08. The predicted octanol–water partition coefficient (Wildman–Crippen LogP) is 2.75. The summed E-state index contributed by atoms with van der Waals surface area (Å²) < 4.78 is 39.5. The minimum atomic E-state index is -0.517. The molecule has 1 aromatic heterocycles. The van der Waals surface area contributed by atoms with Crippen molar-refractivity contribution in [3.8, 4) is 22.8 Å². The molecule has 0 unspecified atom stereocenters. The summed E-state index contributed by atoms with van der Waals surface area (Å²) in [5.41, 5.74) is 2.75. The summed E-state index contributed by atoms with van der Waals surface area (Å²) in [4.78, 5) is 13.4. The average molecular weight is 507 g/mol. The number of methoxy groups -OCH3 is 2. The third-order valence-electron chi connectivity index (χ3n) is 7.23. The van der Waals surface area contributed by atoms with E-state index in [0.29, 0.717) is 41.5 Å². The smallest absolute Gasteiger partial charge is 0.255 e. The van der Waals surface area contributed by atoms with Crippen molar-refractivity contribution in [1.82, 2.24) is 15.1 Å². The maximum atomic E-state index is 15.2. The van der Waals surface area contributed by atoms with E-state index in [1.54, 1.807) is 31.0 Å². The van der Waals surface area contributed by atoms with Crippen molar-refractivity contribution in [2.75, 3.05) is 27.4 Å². The van der Waals surface area contributed by atoms with Crippen molar-refractivity contribution in [2.45, 2.75) is 44.1 Å². The van der Waals surface area contributed by atoms with Crippen LogP contribution in [0.5, 0.6) is 11.5 Å². The number of nitrogens with zero attached hydrogens (tertiary/aromatic N) is 2. The minimum Gasteiger partial charge on any atom is -0.497 e. The van der Waals surface area contributed by atoms with Crippen molar-refractivity contribution in [2.24, 2.45) is 0 Å². The number of ether oxygens (including phenoxy) is 4. The number of hydrogen-bond acceptors (Lipinski definition) is 6. The lowest BCUT2D eigenvalue weighted by Gasteiger charge is -2.36. The maximum absolute atomic E-state index is 15.2. The van der Waals surface area contributed by atoms with Crippen molar-refractivity contribution in [1.29, 1.82) is 0 Å². The minimum absolute atomic E-state index is 0.00244. The van der Waals surface area contributed by atoms with Crippen LogP contribution in [0, 0.1) is 5.82 Å². The van der Waals surface area contributed by atoms with Gasteiger partial charge < -0.3 is 24.3 Å². The Kier molecular flexibility index (Phi) is 7.21. The number of rotatable bonds is 7. The zero-order valence-electron chi connectivity index (χ0n) is 21.4. The number of benzene rings is 2. The van der Waals surface area contributed by atoms with Crippen LogP contribution in [0.1, 0.15) is 47.6 Å². The Balaban J connectivity index is 1.43. The van der Waals surface area contributed by atoms with Gasteiger partial charge in [0.2, 0.25) is 0 Å². The van der Waals surface area contributed by atoms with Crippen LogP contribution in [0.2, 0.25) is 0 Å². The molecule has 0 radical (unpaired) electrons. The number of aromatic nitrogens is 2. The Hall–Kier alpha value is -3.37. The Morgan fingerprint density at radius 3 is 2.59 bits per heavy atom. The summed E-state index contributed by atoms with van der Waals surface area (Å²) in [6.07, 6.45) is 4.50. The molecule has 1 spiro atoms. The van der Waals surface area contributed by atoms with E-state index in [4.69, 9.17) is 18.9 Å². The predicted molar refractivity (Wildman–Crippen MR) is 139 cm³/mol. The number of amides is 1. The molecule has 1 N–H and O–H groups in total. The molecule has 0 bridgehead atoms. The second-order valence-corrected chi connectivity index (χ2v) is 9.53. The molecule has 10 heteroatoms. The van der Waals surface area contributed by atoms with Gasteiger partial charge in [-0.15, -0.1) is 0 Å². The van der Waals surface area contributed by atoms with Crippen LogP contribution in [-0.4, -0.2) is 56.8 Å². The van der Waals surface area contributed by atoms with Crippen molar-refractivity contribution < 1.29 is 28.1 Å². The van der Waals surface area contributed by atoms with Gasteiger partial charge in [0, 0.05) is 36.6 Å². The van der Waals surface area contributed by atoms with Gasteiger partial charge in [0.1, 0.15) is 25.2 Å². The highest BCUT2D eigenvalue weighted by Gasteiger charge is 2.41. The molecular formula is C27H31BFN3O5. The van der Waals surface area contributed by atoms with Crippen LogP contribution in [0.15, 0.2) is 42.6 Å². The lowest BCUT2D eigenvalue weighted by Crippen LogP contribution is -2.36. The SMILES string of the molecule is Bc1ccc(-c2c(C(=O)NCc3ccc(OC)cc3OC)cnn2C2CCC3(CC2)OCCO3)c(F)c1. The largest absolute Gasteiger partial charge is 0.497 e. The Labute approximate surface area is 216 Å². The Morgan fingerprint density at radius 2 is 1.92 bits per heavy atom. The zero-order valence-corrected chi connectivity index (χ0v) is 21.4. The summed E-state index contributed by atoms with van der Waals surface area (Å²) in [6.45, 7) is 1.44.